The molecule has 0 bridgehead atoms. The van der Waals surface area contributed by atoms with E-state index in [4.69, 9.17) is 4.74 Å². The van der Waals surface area contributed by atoms with Gasteiger partial charge < -0.3 is 15.0 Å². The van der Waals surface area contributed by atoms with Crippen LogP contribution < -0.4 is 10.2 Å². The van der Waals surface area contributed by atoms with Gasteiger partial charge in [0.25, 0.3) is 0 Å². The Morgan fingerprint density at radius 1 is 1.58 bits per heavy atom. The van der Waals surface area contributed by atoms with Crippen molar-refractivity contribution in [2.45, 2.75) is 13.0 Å². The van der Waals surface area contributed by atoms with Crippen LogP contribution in [-0.2, 0) is 16.6 Å². The van der Waals surface area contributed by atoms with Crippen LogP contribution in [0.4, 0.5) is 5.82 Å². The van der Waals surface area contributed by atoms with E-state index >= 15 is 0 Å². The summed E-state index contributed by atoms with van der Waals surface area (Å²) in [7, 11) is 3.36. The number of hydrogen-bond acceptors (Lipinski definition) is 5. The van der Waals surface area contributed by atoms with Crippen molar-refractivity contribution in [3.63, 3.8) is 0 Å². The molecule has 1 aliphatic heterocycles. The van der Waals surface area contributed by atoms with Crippen molar-refractivity contribution in [3.05, 3.63) is 11.3 Å². The van der Waals surface area contributed by atoms with E-state index in [1.165, 1.54) is 0 Å². The molecule has 0 radical (unpaired) electrons. The number of ether oxygens (including phenoxy) is 1. The second-order valence-electron chi connectivity index (χ2n) is 4.46. The van der Waals surface area contributed by atoms with E-state index in [0.717, 1.165) is 6.29 Å². The first-order valence-corrected chi connectivity index (χ1v) is 6.15. The van der Waals surface area contributed by atoms with Gasteiger partial charge in [-0.25, -0.2) is 0 Å². The summed E-state index contributed by atoms with van der Waals surface area (Å²) in [6, 6.07) is -0.438. The lowest BCUT2D eigenvalue weighted by molar-refractivity contribution is -0.124. The Balaban J connectivity index is 2.42. The number of anilines is 1. The molecule has 7 heteroatoms. The van der Waals surface area contributed by atoms with Gasteiger partial charge in [0.1, 0.15) is 11.9 Å². The number of nitrogens with one attached hydrogen (secondary N) is 1. The molecular weight excluding hydrogens is 248 g/mol. The topological polar surface area (TPSA) is 76.5 Å². The third kappa shape index (κ3) is 2.33. The maximum absolute atomic E-state index is 11.9. The van der Waals surface area contributed by atoms with Crippen molar-refractivity contribution < 1.29 is 14.3 Å². The Morgan fingerprint density at radius 2 is 2.32 bits per heavy atom. The van der Waals surface area contributed by atoms with Gasteiger partial charge >= 0.3 is 0 Å². The molecule has 2 heterocycles. The van der Waals surface area contributed by atoms with Crippen LogP contribution >= 0.6 is 0 Å². The van der Waals surface area contributed by atoms with Gasteiger partial charge in [0.15, 0.2) is 6.29 Å². The Labute approximate surface area is 111 Å². The van der Waals surface area contributed by atoms with Crippen LogP contribution in [0, 0.1) is 6.92 Å². The number of amides is 1. The second kappa shape index (κ2) is 5.40. The molecule has 0 aromatic carbocycles. The maximum Gasteiger partial charge on any atom is 0.244 e. The van der Waals surface area contributed by atoms with Gasteiger partial charge in [0, 0.05) is 20.6 Å². The monoisotopic (exact) mass is 266 g/mol. The van der Waals surface area contributed by atoms with Gasteiger partial charge in [-0.1, -0.05) is 0 Å². The molecule has 1 aromatic heterocycles. The molecule has 1 aromatic rings. The molecule has 7 nitrogen and oxygen atoms in total. The van der Waals surface area contributed by atoms with E-state index in [9.17, 15) is 9.59 Å². The molecule has 1 aliphatic rings. The van der Waals surface area contributed by atoms with Gasteiger partial charge in [0.2, 0.25) is 5.91 Å². The smallest absolute Gasteiger partial charge is 0.244 e. The fourth-order valence-electron chi connectivity index (χ4n) is 2.38. The van der Waals surface area contributed by atoms with E-state index in [1.54, 1.807) is 25.7 Å². The Hall–Kier alpha value is -1.89. The highest BCUT2D eigenvalue weighted by molar-refractivity contribution is 5.89. The SMILES string of the molecule is CNC(=O)C1COCCN1c1c(C=O)c(C)nn1C. The zero-order valence-corrected chi connectivity index (χ0v) is 11.3. The third-order valence-electron chi connectivity index (χ3n) is 3.30. The molecule has 1 fully saturated rings. The van der Waals surface area contributed by atoms with Crippen LogP contribution in [0.1, 0.15) is 16.1 Å². The van der Waals surface area contributed by atoms with Crippen LogP contribution in [0.5, 0.6) is 0 Å². The Morgan fingerprint density at radius 3 is 2.95 bits per heavy atom. The standard InChI is InChI=1S/C12H18N4O3/c1-8-9(6-17)12(15(3)14-8)16-4-5-19-7-10(16)11(18)13-2/h6,10H,4-5,7H2,1-3H3,(H,13,18). The van der Waals surface area contributed by atoms with Crippen LogP contribution in [-0.4, -0.2) is 54.8 Å². The van der Waals surface area contributed by atoms with E-state index < -0.39 is 6.04 Å². The molecule has 0 spiro atoms. The summed E-state index contributed by atoms with van der Waals surface area (Å²) >= 11 is 0. The fourth-order valence-corrected chi connectivity index (χ4v) is 2.38. The number of aldehydes is 1. The summed E-state index contributed by atoms with van der Waals surface area (Å²) < 4.78 is 7.00. The van der Waals surface area contributed by atoms with Crippen LogP contribution in [0.15, 0.2) is 0 Å². The fraction of sp³-hybridized carbons (Fsp3) is 0.583. The molecule has 2 rings (SSSR count). The normalized spacial score (nSPS) is 19.3. The van der Waals surface area contributed by atoms with E-state index in [0.29, 0.717) is 36.8 Å². The highest BCUT2D eigenvalue weighted by Gasteiger charge is 2.32. The molecular formula is C12H18N4O3. The average molecular weight is 266 g/mol. The number of aryl methyl sites for hydroxylation is 2. The quantitative estimate of drug-likeness (QED) is 0.746. The zero-order valence-electron chi connectivity index (χ0n) is 11.3. The first-order chi connectivity index (χ1) is 9.10. The summed E-state index contributed by atoms with van der Waals surface area (Å²) in [6.07, 6.45) is 0.786. The number of carbonyl (C=O) groups is 2. The van der Waals surface area contributed by atoms with Crippen LogP contribution in [0.3, 0.4) is 0 Å². The van der Waals surface area contributed by atoms with Gasteiger partial charge in [-0.2, -0.15) is 5.10 Å². The minimum Gasteiger partial charge on any atom is -0.377 e. The zero-order chi connectivity index (χ0) is 14.0. The minimum atomic E-state index is -0.438. The summed E-state index contributed by atoms with van der Waals surface area (Å²) in [5.74, 6) is 0.541. The van der Waals surface area contributed by atoms with Crippen molar-refractivity contribution in [1.82, 2.24) is 15.1 Å². The van der Waals surface area contributed by atoms with Crippen LogP contribution in [0.2, 0.25) is 0 Å². The lowest BCUT2D eigenvalue weighted by Crippen LogP contribution is -2.54. The molecule has 1 unspecified atom stereocenters. The number of morpholine rings is 1. The van der Waals surface area contributed by atoms with E-state index in [1.807, 2.05) is 4.90 Å². The van der Waals surface area contributed by atoms with E-state index in [2.05, 4.69) is 10.4 Å². The lowest BCUT2D eigenvalue weighted by atomic mass is 10.1. The highest BCUT2D eigenvalue weighted by atomic mass is 16.5. The molecule has 0 aliphatic carbocycles. The molecule has 0 saturated carbocycles. The number of carbonyl (C=O) groups excluding carboxylic acids is 2. The van der Waals surface area contributed by atoms with E-state index in [-0.39, 0.29) is 5.91 Å². The predicted molar refractivity (Wildman–Crippen MR) is 69.4 cm³/mol. The first-order valence-electron chi connectivity index (χ1n) is 6.15. The van der Waals surface area contributed by atoms with Crippen molar-refractivity contribution in [2.24, 2.45) is 7.05 Å². The van der Waals surface area contributed by atoms with Crippen molar-refractivity contribution in [2.75, 3.05) is 31.7 Å². The van der Waals surface area contributed by atoms with Crippen molar-refractivity contribution >= 4 is 18.0 Å². The molecule has 1 saturated heterocycles. The number of likely N-dealkylation sites (N-methyl/N-ethyl adjacent to an activating group) is 1. The summed E-state index contributed by atoms with van der Waals surface area (Å²) in [5, 5.41) is 6.87. The molecule has 1 amide bonds. The highest BCUT2D eigenvalue weighted by Crippen LogP contribution is 2.25. The number of aromatic nitrogens is 2. The summed E-state index contributed by atoms with van der Waals surface area (Å²) in [6.45, 7) is 3.17. The molecule has 19 heavy (non-hydrogen) atoms. The lowest BCUT2D eigenvalue weighted by Gasteiger charge is -2.35. The first kappa shape index (κ1) is 13.5. The van der Waals surface area contributed by atoms with Crippen molar-refractivity contribution in [1.29, 1.82) is 0 Å². The predicted octanol–water partition coefficient (Wildman–Crippen LogP) is -0.508. The largest absolute Gasteiger partial charge is 0.377 e. The number of hydrogen-bond donors (Lipinski definition) is 1. The molecule has 1 N–H and O–H groups in total. The van der Waals surface area contributed by atoms with Gasteiger partial charge in [0.05, 0.1) is 24.5 Å². The van der Waals surface area contributed by atoms with Gasteiger partial charge in [-0.05, 0) is 6.92 Å². The average Bonchev–Trinajstić information content (AvgIpc) is 2.71. The number of rotatable bonds is 3. The molecule has 104 valence electrons. The Bertz CT molecular complexity index is 497. The van der Waals surface area contributed by atoms with Crippen molar-refractivity contribution in [3.8, 4) is 0 Å². The van der Waals surface area contributed by atoms with Gasteiger partial charge in [-0.3, -0.25) is 14.3 Å². The molecule has 1 atom stereocenters. The summed E-state index contributed by atoms with van der Waals surface area (Å²) in [4.78, 5) is 25.0. The maximum atomic E-state index is 11.9. The minimum absolute atomic E-state index is 0.129. The Kier molecular flexibility index (Phi) is 3.84. The number of nitrogens with zero attached hydrogens (tertiary/aromatic N) is 3. The third-order valence-corrected chi connectivity index (χ3v) is 3.30. The second-order valence-corrected chi connectivity index (χ2v) is 4.46. The summed E-state index contributed by atoms with van der Waals surface area (Å²) in [5.41, 5.74) is 1.19. The van der Waals surface area contributed by atoms with Gasteiger partial charge in [-0.15, -0.1) is 0 Å². The van der Waals surface area contributed by atoms with Crippen LogP contribution in [0.25, 0.3) is 0 Å².